The molecule has 67 heavy (non-hydrogen) atoms. The summed E-state index contributed by atoms with van der Waals surface area (Å²) in [6, 6.07) is 18.1. The SMILES string of the molecule is CCCS(=O)(=O)c1ccc(Nc2nc(F)nc(Nc3ccc(S(=O)(=O)O)c(N=Nc4c(SOOO)cc5c(N=Nc6ccc(S(=O)(=O)CCOSOOO)cc6)c(N)ccc5c4O)c3)n2)cc1. The molecule has 1 aromatic heterocycles. The van der Waals surface area contributed by atoms with Crippen LogP contribution in [0, 0.1) is 6.08 Å². The minimum absolute atomic E-state index is 0.000177. The number of fused-ring (bicyclic) bond motifs is 1. The van der Waals surface area contributed by atoms with E-state index in [0.717, 1.165) is 18.2 Å². The Morgan fingerprint density at radius 3 is 1.97 bits per heavy atom. The third-order valence-electron chi connectivity index (χ3n) is 8.70. The number of nitrogens with one attached hydrogen (secondary N) is 2. The van der Waals surface area contributed by atoms with Gasteiger partial charge >= 0.3 is 6.08 Å². The van der Waals surface area contributed by atoms with Crippen LogP contribution in [0.2, 0.25) is 0 Å². The summed E-state index contributed by atoms with van der Waals surface area (Å²) in [4.78, 5) is 10.4. The lowest BCUT2D eigenvalue weighted by Crippen LogP contribution is -2.10. The second kappa shape index (κ2) is 22.2. The summed E-state index contributed by atoms with van der Waals surface area (Å²) >= 11 is 0.542. The van der Waals surface area contributed by atoms with Gasteiger partial charge in [0.15, 0.2) is 37.7 Å². The number of phenols is 1. The van der Waals surface area contributed by atoms with Crippen molar-refractivity contribution >= 4 is 117 Å². The van der Waals surface area contributed by atoms with Gasteiger partial charge in [-0.3, -0.25) is 8.74 Å². The van der Waals surface area contributed by atoms with E-state index in [2.05, 4.69) is 64.8 Å². The number of benzene rings is 5. The highest BCUT2D eigenvalue weighted by atomic mass is 32.2. The molecule has 8 N–H and O–H groups in total. The smallest absolute Gasteiger partial charge is 0.315 e. The van der Waals surface area contributed by atoms with Gasteiger partial charge in [-0.25, -0.2) is 27.4 Å². The summed E-state index contributed by atoms with van der Waals surface area (Å²) in [5, 5.41) is 57.6. The number of hydrogen-bond acceptors (Lipinski definition) is 26. The Hall–Kier alpha value is -6.07. The first-order valence-corrected chi connectivity index (χ1v) is 24.6. The average Bonchev–Trinajstić information content (AvgIpc) is 3.27. The number of rotatable bonds is 22. The van der Waals surface area contributed by atoms with Crippen LogP contribution in [-0.2, 0) is 52.7 Å². The van der Waals surface area contributed by atoms with Crippen LogP contribution in [0.25, 0.3) is 10.8 Å². The minimum Gasteiger partial charge on any atom is -0.505 e. The summed E-state index contributed by atoms with van der Waals surface area (Å²) < 4.78 is 113. The fourth-order valence-electron chi connectivity index (χ4n) is 5.75. The van der Waals surface area contributed by atoms with Crippen molar-refractivity contribution in [2.75, 3.05) is 34.5 Å². The number of anilines is 5. The van der Waals surface area contributed by atoms with Gasteiger partial charge in [0.25, 0.3) is 10.1 Å². The lowest BCUT2D eigenvalue weighted by atomic mass is 10.1. The molecule has 0 saturated heterocycles. The van der Waals surface area contributed by atoms with Crippen LogP contribution in [0.4, 0.5) is 56.1 Å². The molecule has 0 aliphatic heterocycles. The Morgan fingerprint density at radius 2 is 1.33 bits per heavy atom. The van der Waals surface area contributed by atoms with Crippen molar-refractivity contribution in [2.24, 2.45) is 20.5 Å². The third kappa shape index (κ3) is 13.1. The molecule has 25 nitrogen and oxygen atoms in total. The molecule has 0 atom stereocenters. The Labute approximate surface area is 387 Å². The van der Waals surface area contributed by atoms with E-state index in [1.54, 1.807) is 6.92 Å². The van der Waals surface area contributed by atoms with Crippen LogP contribution >= 0.6 is 24.4 Å². The summed E-state index contributed by atoms with van der Waals surface area (Å²) in [6.45, 7) is 1.43. The van der Waals surface area contributed by atoms with Crippen molar-refractivity contribution in [2.45, 2.75) is 32.9 Å². The number of halogens is 1. The molecular weight excluding hydrogens is 992 g/mol. The van der Waals surface area contributed by atoms with Gasteiger partial charge in [0.05, 0.1) is 56.2 Å². The number of azo groups is 2. The van der Waals surface area contributed by atoms with Crippen LogP contribution in [0.3, 0.4) is 0 Å². The molecule has 6 aromatic rings. The Morgan fingerprint density at radius 1 is 0.716 bits per heavy atom. The molecule has 0 unspecified atom stereocenters. The van der Waals surface area contributed by atoms with Crippen molar-refractivity contribution < 1.29 is 72.7 Å². The Balaban J connectivity index is 1.29. The fraction of sp³-hybridized carbons (Fsp3) is 0.139. The molecule has 0 amide bonds. The third-order valence-corrected chi connectivity index (χ3v) is 14.2. The zero-order valence-electron chi connectivity index (χ0n) is 33.8. The molecule has 31 heteroatoms. The van der Waals surface area contributed by atoms with Gasteiger partial charge in [0.2, 0.25) is 11.9 Å². The second-order valence-corrected chi connectivity index (χ2v) is 20.0. The van der Waals surface area contributed by atoms with Gasteiger partial charge in [-0.1, -0.05) is 17.0 Å². The minimum atomic E-state index is -4.98. The maximum atomic E-state index is 14.6. The first-order valence-electron chi connectivity index (χ1n) is 18.5. The molecular formula is C36H33FN10O15S5. The predicted octanol–water partition coefficient (Wildman–Crippen LogP) is 8.40. The van der Waals surface area contributed by atoms with Crippen molar-refractivity contribution in [1.29, 1.82) is 0 Å². The lowest BCUT2D eigenvalue weighted by Gasteiger charge is -2.12. The van der Waals surface area contributed by atoms with Gasteiger partial charge in [-0.15, -0.1) is 24.0 Å². The molecule has 1 heterocycles. The number of hydrogen-bond donors (Lipinski definition) is 7. The van der Waals surface area contributed by atoms with Crippen LogP contribution < -0.4 is 16.4 Å². The normalized spacial score (nSPS) is 12.4. The number of aromatic nitrogens is 3. The number of nitrogens with two attached hydrogens (primary N) is 1. The summed E-state index contributed by atoms with van der Waals surface area (Å²) in [5.74, 6) is -1.77. The average molecular weight is 1030 g/mol. The monoisotopic (exact) mass is 1020 g/mol. The van der Waals surface area contributed by atoms with E-state index < -0.39 is 58.0 Å². The number of nitrogens with zero attached hydrogens (tertiary/aromatic N) is 7. The molecule has 6 rings (SSSR count). The Kier molecular flexibility index (Phi) is 16.6. The van der Waals surface area contributed by atoms with E-state index >= 15 is 0 Å². The summed E-state index contributed by atoms with van der Waals surface area (Å²) in [5.41, 5.74) is 5.88. The number of nitrogen functional groups attached to an aromatic ring is 1. The molecule has 0 saturated carbocycles. The molecule has 5 aromatic carbocycles. The van der Waals surface area contributed by atoms with Crippen LogP contribution in [0.1, 0.15) is 13.3 Å². The highest BCUT2D eigenvalue weighted by Gasteiger charge is 2.22. The first kappa shape index (κ1) is 50.3. The van der Waals surface area contributed by atoms with Crippen molar-refractivity contribution in [3.05, 3.63) is 91.0 Å². The summed E-state index contributed by atoms with van der Waals surface area (Å²) in [7, 11) is -12.3. The molecule has 0 aliphatic carbocycles. The van der Waals surface area contributed by atoms with Crippen molar-refractivity contribution in [1.82, 2.24) is 15.0 Å². The number of sulfone groups is 2. The maximum Gasteiger partial charge on any atom is 0.315 e. The van der Waals surface area contributed by atoms with E-state index in [0.29, 0.717) is 24.2 Å². The van der Waals surface area contributed by atoms with Crippen LogP contribution in [0.15, 0.2) is 125 Å². The molecule has 0 bridgehead atoms. The van der Waals surface area contributed by atoms with Gasteiger partial charge in [-0.2, -0.15) is 32.9 Å². The maximum absolute atomic E-state index is 14.6. The zero-order valence-corrected chi connectivity index (χ0v) is 37.9. The van der Waals surface area contributed by atoms with Gasteiger partial charge in [0.1, 0.15) is 22.0 Å². The van der Waals surface area contributed by atoms with Crippen molar-refractivity contribution in [3.8, 4) is 5.75 Å². The Bertz CT molecular complexity index is 3160. The van der Waals surface area contributed by atoms with E-state index in [9.17, 15) is 39.3 Å². The summed E-state index contributed by atoms with van der Waals surface area (Å²) in [6.07, 6.45) is -0.816. The van der Waals surface area contributed by atoms with Gasteiger partial charge in [0, 0.05) is 22.1 Å². The molecule has 0 aliphatic rings. The fourth-order valence-corrected chi connectivity index (χ4v) is 9.57. The van der Waals surface area contributed by atoms with E-state index in [1.165, 1.54) is 66.7 Å². The molecule has 0 fully saturated rings. The highest BCUT2D eigenvalue weighted by Crippen LogP contribution is 2.48. The second-order valence-electron chi connectivity index (χ2n) is 13.1. The van der Waals surface area contributed by atoms with E-state index in [4.69, 9.17) is 20.4 Å². The van der Waals surface area contributed by atoms with Gasteiger partial charge in [-0.05, 0) is 91.3 Å². The quantitative estimate of drug-likeness (QED) is 0.00638. The first-order chi connectivity index (χ1) is 31.9. The van der Waals surface area contributed by atoms with Crippen molar-refractivity contribution in [3.63, 3.8) is 0 Å². The van der Waals surface area contributed by atoms with Gasteiger partial charge < -0.3 is 21.5 Å². The molecule has 0 spiro atoms. The van der Waals surface area contributed by atoms with E-state index in [-0.39, 0.29) is 90.5 Å². The lowest BCUT2D eigenvalue weighted by molar-refractivity contribution is -0.434. The van der Waals surface area contributed by atoms with E-state index in [1.807, 2.05) is 0 Å². The predicted molar refractivity (Wildman–Crippen MR) is 237 cm³/mol. The highest BCUT2D eigenvalue weighted by molar-refractivity contribution is 7.94. The zero-order chi connectivity index (χ0) is 48.4. The largest absolute Gasteiger partial charge is 0.505 e. The standard InChI is InChI=1S/C36H33FN10O15S5/c1-2-16-65(51,52)23-8-3-20(4-9-23)39-35-41-34(37)42-36(43-35)40-22-7-14-30(67(55,56)57)28(18-22)45-47-32-29(63-61-59-49)19-26-25(33(32)48)12-13-27(38)31(26)46-44-21-5-10-24(11-6-21)66(53,54)17-15-58-64-62-60-50/h3-14,18-19,48-50H,2,15-17,38H2,1H3,(H,55,56,57)(H2,39,40,41,42,43). The molecule has 0 radical (unpaired) electrons. The van der Waals surface area contributed by atoms with Crippen LogP contribution in [0.5, 0.6) is 5.75 Å². The number of aromatic hydroxyl groups is 1. The number of phenolic OH excluding ortho intramolecular Hbond substituents is 1. The molecule has 354 valence electrons. The topological polar surface area (TPSA) is 368 Å². The van der Waals surface area contributed by atoms with Crippen LogP contribution in [-0.4, -0.2) is 78.5 Å².